The van der Waals surface area contributed by atoms with Gasteiger partial charge in [0.1, 0.15) is 5.82 Å². The standard InChI is InChI=1S/C14H16ClFN2O3/c15-12-8-10(16)2-3-11(12)14(21)18-5-1-4-17(6-7-18)9-13(19)20/h2-3,8H,1,4-7,9H2,(H,19,20). The van der Waals surface area contributed by atoms with Crippen LogP contribution in [0.25, 0.3) is 0 Å². The number of nitrogens with zero attached hydrogens (tertiary/aromatic N) is 2. The van der Waals surface area contributed by atoms with Crippen molar-refractivity contribution < 1.29 is 19.1 Å². The number of rotatable bonds is 3. The van der Waals surface area contributed by atoms with Gasteiger partial charge in [-0.1, -0.05) is 11.6 Å². The van der Waals surface area contributed by atoms with Crippen LogP contribution in [-0.4, -0.2) is 59.5 Å². The van der Waals surface area contributed by atoms with Gasteiger partial charge in [-0.15, -0.1) is 0 Å². The van der Waals surface area contributed by atoms with Crippen molar-refractivity contribution >= 4 is 23.5 Å². The van der Waals surface area contributed by atoms with Gasteiger partial charge in [-0.25, -0.2) is 4.39 Å². The fourth-order valence-electron chi connectivity index (χ4n) is 2.36. The molecule has 1 aliphatic rings. The Hall–Kier alpha value is -1.66. The molecule has 1 fully saturated rings. The van der Waals surface area contributed by atoms with Gasteiger partial charge < -0.3 is 10.0 Å². The number of carbonyl (C=O) groups is 2. The summed E-state index contributed by atoms with van der Waals surface area (Å²) < 4.78 is 13.0. The Balaban J connectivity index is 2.04. The first-order valence-electron chi connectivity index (χ1n) is 6.66. The van der Waals surface area contributed by atoms with Crippen molar-refractivity contribution in [2.75, 3.05) is 32.7 Å². The highest BCUT2D eigenvalue weighted by Gasteiger charge is 2.22. The molecule has 5 nitrogen and oxygen atoms in total. The van der Waals surface area contributed by atoms with Gasteiger partial charge in [0.05, 0.1) is 17.1 Å². The maximum atomic E-state index is 13.0. The number of amides is 1. The normalized spacial score (nSPS) is 16.6. The number of carboxylic acid groups (broad SMARTS) is 1. The van der Waals surface area contributed by atoms with Gasteiger partial charge in [0.2, 0.25) is 0 Å². The van der Waals surface area contributed by atoms with E-state index in [4.69, 9.17) is 16.7 Å². The van der Waals surface area contributed by atoms with E-state index in [2.05, 4.69) is 0 Å². The summed E-state index contributed by atoms with van der Waals surface area (Å²) in [5.41, 5.74) is 0.268. The highest BCUT2D eigenvalue weighted by atomic mass is 35.5. The molecule has 1 aromatic rings. The van der Waals surface area contributed by atoms with Crippen LogP contribution in [0, 0.1) is 5.82 Å². The van der Waals surface area contributed by atoms with Crippen molar-refractivity contribution in [3.05, 3.63) is 34.6 Å². The lowest BCUT2D eigenvalue weighted by Crippen LogP contribution is -2.36. The molecule has 0 unspecified atom stereocenters. The zero-order valence-corrected chi connectivity index (χ0v) is 12.1. The minimum atomic E-state index is -0.878. The van der Waals surface area contributed by atoms with E-state index in [0.29, 0.717) is 32.6 Å². The van der Waals surface area contributed by atoms with Crippen LogP contribution in [0.15, 0.2) is 18.2 Å². The second-order valence-electron chi connectivity index (χ2n) is 4.94. The van der Waals surface area contributed by atoms with Gasteiger partial charge in [-0.05, 0) is 24.6 Å². The highest BCUT2D eigenvalue weighted by Crippen LogP contribution is 2.19. The lowest BCUT2D eigenvalue weighted by molar-refractivity contribution is -0.138. The predicted octanol–water partition coefficient (Wildman–Crippen LogP) is 1.71. The summed E-state index contributed by atoms with van der Waals surface area (Å²) in [4.78, 5) is 26.5. The van der Waals surface area contributed by atoms with Crippen molar-refractivity contribution in [1.29, 1.82) is 0 Å². The molecule has 1 aromatic carbocycles. The van der Waals surface area contributed by atoms with Gasteiger partial charge in [-0.3, -0.25) is 14.5 Å². The van der Waals surface area contributed by atoms with Crippen LogP contribution in [0.2, 0.25) is 5.02 Å². The Labute approximate surface area is 126 Å². The van der Waals surface area contributed by atoms with Gasteiger partial charge in [-0.2, -0.15) is 0 Å². The predicted molar refractivity (Wildman–Crippen MR) is 76.0 cm³/mol. The van der Waals surface area contributed by atoms with E-state index >= 15 is 0 Å². The summed E-state index contributed by atoms with van der Waals surface area (Å²) in [5, 5.41) is 8.89. The smallest absolute Gasteiger partial charge is 0.317 e. The number of benzene rings is 1. The van der Waals surface area contributed by atoms with Crippen molar-refractivity contribution in [3.8, 4) is 0 Å². The number of carboxylic acids is 1. The molecule has 0 atom stereocenters. The van der Waals surface area contributed by atoms with Gasteiger partial charge in [0.25, 0.3) is 5.91 Å². The lowest BCUT2D eigenvalue weighted by Gasteiger charge is -2.21. The SMILES string of the molecule is O=C(O)CN1CCCN(C(=O)c2ccc(F)cc2Cl)CC1. The molecular formula is C14H16ClFN2O3. The summed E-state index contributed by atoms with van der Waals surface area (Å²) in [5.74, 6) is -1.62. The third kappa shape index (κ3) is 4.15. The summed E-state index contributed by atoms with van der Waals surface area (Å²) in [6.07, 6.45) is 0.692. The molecule has 1 heterocycles. The summed E-state index contributed by atoms with van der Waals surface area (Å²) in [6.45, 7) is 2.06. The Morgan fingerprint density at radius 3 is 2.67 bits per heavy atom. The zero-order chi connectivity index (χ0) is 15.4. The Bertz CT molecular complexity index is 553. The third-order valence-electron chi connectivity index (χ3n) is 3.40. The molecular weight excluding hydrogens is 299 g/mol. The van der Waals surface area contributed by atoms with E-state index in [1.165, 1.54) is 12.1 Å². The first kappa shape index (κ1) is 15.7. The van der Waals surface area contributed by atoms with Gasteiger partial charge in [0, 0.05) is 26.2 Å². The largest absolute Gasteiger partial charge is 0.480 e. The molecule has 0 saturated carbocycles. The van der Waals surface area contributed by atoms with E-state index in [-0.39, 0.29) is 23.0 Å². The highest BCUT2D eigenvalue weighted by molar-refractivity contribution is 6.33. The Morgan fingerprint density at radius 2 is 2.00 bits per heavy atom. The minimum absolute atomic E-state index is 0.0284. The molecule has 7 heteroatoms. The molecule has 114 valence electrons. The Kier molecular flexibility index (Phi) is 5.14. The molecule has 1 N–H and O–H groups in total. The van der Waals surface area contributed by atoms with Crippen LogP contribution in [0.4, 0.5) is 4.39 Å². The molecule has 1 aliphatic heterocycles. The second kappa shape index (κ2) is 6.87. The zero-order valence-electron chi connectivity index (χ0n) is 11.4. The molecule has 0 radical (unpaired) electrons. The second-order valence-corrected chi connectivity index (χ2v) is 5.35. The van der Waals surface area contributed by atoms with E-state index in [1.807, 2.05) is 0 Å². The van der Waals surface area contributed by atoms with Crippen LogP contribution in [0.1, 0.15) is 16.8 Å². The fraction of sp³-hybridized carbons (Fsp3) is 0.429. The first-order valence-corrected chi connectivity index (χ1v) is 7.03. The molecule has 0 aliphatic carbocycles. The number of hydrogen-bond donors (Lipinski definition) is 1. The maximum absolute atomic E-state index is 13.0. The topological polar surface area (TPSA) is 60.9 Å². The average Bonchev–Trinajstić information content (AvgIpc) is 2.63. The number of carbonyl (C=O) groups excluding carboxylic acids is 1. The molecule has 21 heavy (non-hydrogen) atoms. The fourth-order valence-corrected chi connectivity index (χ4v) is 2.60. The van der Waals surface area contributed by atoms with Gasteiger partial charge in [0.15, 0.2) is 0 Å². The quantitative estimate of drug-likeness (QED) is 0.922. The summed E-state index contributed by atoms with van der Waals surface area (Å²) in [6, 6.07) is 3.69. The molecule has 1 saturated heterocycles. The molecule has 1 amide bonds. The number of hydrogen-bond acceptors (Lipinski definition) is 3. The monoisotopic (exact) mass is 314 g/mol. The van der Waals surface area contributed by atoms with Crippen LogP contribution < -0.4 is 0 Å². The van der Waals surface area contributed by atoms with Crippen LogP contribution in [0.5, 0.6) is 0 Å². The van der Waals surface area contributed by atoms with E-state index in [9.17, 15) is 14.0 Å². The van der Waals surface area contributed by atoms with E-state index in [0.717, 1.165) is 6.07 Å². The average molecular weight is 315 g/mol. The summed E-state index contributed by atoms with van der Waals surface area (Å²) in [7, 11) is 0. The van der Waals surface area contributed by atoms with E-state index < -0.39 is 11.8 Å². The lowest BCUT2D eigenvalue weighted by atomic mass is 10.2. The molecule has 0 aromatic heterocycles. The molecule has 0 spiro atoms. The van der Waals surface area contributed by atoms with Crippen molar-refractivity contribution in [2.45, 2.75) is 6.42 Å². The van der Waals surface area contributed by atoms with Crippen molar-refractivity contribution in [1.82, 2.24) is 9.80 Å². The van der Waals surface area contributed by atoms with Crippen molar-refractivity contribution in [2.24, 2.45) is 0 Å². The van der Waals surface area contributed by atoms with Crippen molar-refractivity contribution in [3.63, 3.8) is 0 Å². The summed E-state index contributed by atoms with van der Waals surface area (Å²) >= 11 is 5.91. The maximum Gasteiger partial charge on any atom is 0.317 e. The van der Waals surface area contributed by atoms with Crippen LogP contribution >= 0.6 is 11.6 Å². The van der Waals surface area contributed by atoms with Crippen LogP contribution in [0.3, 0.4) is 0 Å². The Morgan fingerprint density at radius 1 is 1.24 bits per heavy atom. The molecule has 2 rings (SSSR count). The van der Waals surface area contributed by atoms with Gasteiger partial charge >= 0.3 is 5.97 Å². The minimum Gasteiger partial charge on any atom is -0.480 e. The molecule has 0 bridgehead atoms. The third-order valence-corrected chi connectivity index (χ3v) is 3.71. The van der Waals surface area contributed by atoms with Crippen LogP contribution in [-0.2, 0) is 4.79 Å². The first-order chi connectivity index (χ1) is 9.97. The van der Waals surface area contributed by atoms with E-state index in [1.54, 1.807) is 9.80 Å². The number of aliphatic carboxylic acids is 1. The number of halogens is 2.